The molecule has 1 unspecified atom stereocenters. The molecule has 2 rings (SSSR count). The molecule has 1 aliphatic rings. The molecule has 1 aliphatic heterocycles. The molecule has 1 atom stereocenters. The van der Waals surface area contributed by atoms with Gasteiger partial charge >= 0.3 is 0 Å². The first-order valence-electron chi connectivity index (χ1n) is 6.16. The average Bonchev–Trinajstić information content (AvgIpc) is 2.40. The predicted molar refractivity (Wildman–Crippen MR) is 67.6 cm³/mol. The Morgan fingerprint density at radius 1 is 1.58 bits per heavy atom. The van der Waals surface area contributed by atoms with Crippen molar-refractivity contribution in [3.8, 4) is 0 Å². The van der Waals surface area contributed by atoms with Crippen LogP contribution in [0.15, 0.2) is 23.4 Å². The maximum absolute atomic E-state index is 13.5. The minimum Gasteiger partial charge on any atom is -0.381 e. The number of ether oxygens (including phenoxy) is 1. The summed E-state index contributed by atoms with van der Waals surface area (Å²) in [6.07, 6.45) is 3.12. The van der Waals surface area contributed by atoms with Gasteiger partial charge < -0.3 is 4.74 Å². The molecule has 1 saturated heterocycles. The summed E-state index contributed by atoms with van der Waals surface area (Å²) in [5.41, 5.74) is 0. The number of hydrogen-bond acceptors (Lipinski definition) is 4. The van der Waals surface area contributed by atoms with Gasteiger partial charge in [0.1, 0.15) is 0 Å². The van der Waals surface area contributed by atoms with Crippen molar-refractivity contribution >= 4 is 10.0 Å². The summed E-state index contributed by atoms with van der Waals surface area (Å²) in [4.78, 5) is 3.63. The van der Waals surface area contributed by atoms with E-state index in [-0.39, 0.29) is 5.92 Å². The summed E-state index contributed by atoms with van der Waals surface area (Å²) in [5, 5.41) is -0.519. The van der Waals surface area contributed by atoms with Crippen LogP contribution in [0, 0.1) is 11.7 Å². The normalized spacial score (nSPS) is 20.7. The minimum atomic E-state index is -3.88. The summed E-state index contributed by atoms with van der Waals surface area (Å²) >= 11 is 0. The zero-order valence-corrected chi connectivity index (χ0v) is 11.6. The Bertz CT molecular complexity index is 530. The number of hydrogen-bond donors (Lipinski definition) is 0. The topological polar surface area (TPSA) is 59.5 Å². The number of halogens is 1. The fourth-order valence-corrected chi connectivity index (χ4v) is 3.33. The van der Waals surface area contributed by atoms with Crippen LogP contribution in [0.2, 0.25) is 0 Å². The molecule has 0 N–H and O–H groups in total. The van der Waals surface area contributed by atoms with Crippen molar-refractivity contribution in [2.24, 2.45) is 5.92 Å². The van der Waals surface area contributed by atoms with Crippen molar-refractivity contribution in [2.45, 2.75) is 17.9 Å². The quantitative estimate of drug-likeness (QED) is 0.837. The van der Waals surface area contributed by atoms with Gasteiger partial charge in [-0.1, -0.05) is 0 Å². The third kappa shape index (κ3) is 3.29. The molecule has 1 aromatic heterocycles. The molecule has 0 radical (unpaired) electrons. The van der Waals surface area contributed by atoms with E-state index < -0.39 is 20.9 Å². The van der Waals surface area contributed by atoms with E-state index >= 15 is 0 Å². The van der Waals surface area contributed by atoms with E-state index in [0.717, 1.165) is 29.8 Å². The van der Waals surface area contributed by atoms with Gasteiger partial charge in [0.15, 0.2) is 5.82 Å². The number of rotatable bonds is 4. The van der Waals surface area contributed by atoms with Crippen LogP contribution in [0.4, 0.5) is 4.39 Å². The van der Waals surface area contributed by atoms with Gasteiger partial charge in [-0.25, -0.2) is 17.8 Å². The summed E-state index contributed by atoms with van der Waals surface area (Å²) in [5.74, 6) is -0.672. The van der Waals surface area contributed by atoms with Crippen LogP contribution in [-0.2, 0) is 14.8 Å². The van der Waals surface area contributed by atoms with E-state index in [4.69, 9.17) is 4.74 Å². The molecule has 1 aromatic rings. The predicted octanol–water partition coefficient (Wildman–Crippen LogP) is 1.27. The van der Waals surface area contributed by atoms with Crippen molar-refractivity contribution in [2.75, 3.05) is 26.8 Å². The van der Waals surface area contributed by atoms with Crippen molar-refractivity contribution in [3.63, 3.8) is 0 Å². The van der Waals surface area contributed by atoms with Crippen molar-refractivity contribution < 1.29 is 17.5 Å². The number of sulfonamides is 1. The second-order valence-electron chi connectivity index (χ2n) is 4.66. The lowest BCUT2D eigenvalue weighted by molar-refractivity contribution is 0.0495. The fraction of sp³-hybridized carbons (Fsp3) is 0.583. The lowest BCUT2D eigenvalue weighted by Crippen LogP contribution is -2.35. The molecule has 0 spiro atoms. The monoisotopic (exact) mass is 288 g/mol. The van der Waals surface area contributed by atoms with Gasteiger partial charge in [-0.05, 0) is 30.9 Å². The highest BCUT2D eigenvalue weighted by molar-refractivity contribution is 7.89. The summed E-state index contributed by atoms with van der Waals surface area (Å²) in [6.45, 7) is 1.59. The first kappa shape index (κ1) is 14.4. The lowest BCUT2D eigenvalue weighted by atomic mass is 10.0. The van der Waals surface area contributed by atoms with Crippen molar-refractivity contribution in [1.82, 2.24) is 9.29 Å². The summed E-state index contributed by atoms with van der Waals surface area (Å²) in [6, 6.07) is 2.46. The van der Waals surface area contributed by atoms with Crippen molar-refractivity contribution in [1.29, 1.82) is 0 Å². The SMILES string of the molecule is CN(CC1CCCOC1)S(=O)(=O)c1ncccc1F. The van der Waals surface area contributed by atoms with Crippen LogP contribution in [0.3, 0.4) is 0 Å². The molecule has 19 heavy (non-hydrogen) atoms. The Balaban J connectivity index is 2.13. The Labute approximate surface area is 112 Å². The smallest absolute Gasteiger partial charge is 0.263 e. The highest BCUT2D eigenvalue weighted by Gasteiger charge is 2.28. The van der Waals surface area contributed by atoms with E-state index in [1.54, 1.807) is 0 Å². The van der Waals surface area contributed by atoms with E-state index in [2.05, 4.69) is 4.98 Å². The first-order valence-corrected chi connectivity index (χ1v) is 7.60. The molecular weight excluding hydrogens is 271 g/mol. The Morgan fingerprint density at radius 2 is 2.37 bits per heavy atom. The molecule has 106 valence electrons. The molecule has 0 amide bonds. The van der Waals surface area contributed by atoms with Gasteiger partial charge in [-0.3, -0.25) is 0 Å². The number of aromatic nitrogens is 1. The molecule has 2 heterocycles. The molecule has 0 aromatic carbocycles. The van der Waals surface area contributed by atoms with Gasteiger partial charge in [0, 0.05) is 26.4 Å². The van der Waals surface area contributed by atoms with E-state index in [9.17, 15) is 12.8 Å². The van der Waals surface area contributed by atoms with Crippen LogP contribution >= 0.6 is 0 Å². The van der Waals surface area contributed by atoms with E-state index in [0.29, 0.717) is 13.2 Å². The van der Waals surface area contributed by atoms with Gasteiger partial charge in [-0.15, -0.1) is 0 Å². The molecular formula is C12H17FN2O3S. The summed E-state index contributed by atoms with van der Waals surface area (Å²) in [7, 11) is -2.43. The lowest BCUT2D eigenvalue weighted by Gasteiger charge is -2.26. The largest absolute Gasteiger partial charge is 0.381 e. The summed E-state index contributed by atoms with van der Waals surface area (Å²) < 4.78 is 44.4. The highest BCUT2D eigenvalue weighted by Crippen LogP contribution is 2.19. The van der Waals surface area contributed by atoms with E-state index in [1.165, 1.54) is 19.3 Å². The molecule has 0 aliphatic carbocycles. The van der Waals surface area contributed by atoms with Gasteiger partial charge in [0.25, 0.3) is 10.0 Å². The van der Waals surface area contributed by atoms with Crippen LogP contribution < -0.4 is 0 Å². The molecule has 1 fully saturated rings. The first-order chi connectivity index (χ1) is 9.01. The van der Waals surface area contributed by atoms with Crippen LogP contribution in [0.5, 0.6) is 0 Å². The number of nitrogens with zero attached hydrogens (tertiary/aromatic N) is 2. The fourth-order valence-electron chi connectivity index (χ4n) is 2.12. The Kier molecular flexibility index (Phi) is 4.49. The van der Waals surface area contributed by atoms with Crippen molar-refractivity contribution in [3.05, 3.63) is 24.1 Å². The number of pyridine rings is 1. The highest BCUT2D eigenvalue weighted by atomic mass is 32.2. The Hall–Kier alpha value is -1.05. The van der Waals surface area contributed by atoms with Gasteiger partial charge in [0.2, 0.25) is 5.03 Å². The zero-order valence-electron chi connectivity index (χ0n) is 10.8. The van der Waals surface area contributed by atoms with Crippen LogP contribution in [0.25, 0.3) is 0 Å². The van der Waals surface area contributed by atoms with Gasteiger partial charge in [0.05, 0.1) is 6.61 Å². The molecule has 5 nitrogen and oxygen atoms in total. The van der Waals surface area contributed by atoms with Crippen LogP contribution in [-0.4, -0.2) is 44.5 Å². The second kappa shape index (κ2) is 5.94. The molecule has 0 bridgehead atoms. The maximum Gasteiger partial charge on any atom is 0.263 e. The zero-order chi connectivity index (χ0) is 13.9. The molecule has 7 heteroatoms. The Morgan fingerprint density at radius 3 is 3.00 bits per heavy atom. The minimum absolute atomic E-state index is 0.153. The van der Waals surface area contributed by atoms with E-state index in [1.807, 2.05) is 0 Å². The second-order valence-corrected chi connectivity index (χ2v) is 6.62. The third-order valence-electron chi connectivity index (χ3n) is 3.15. The molecule has 0 saturated carbocycles. The average molecular weight is 288 g/mol. The van der Waals surface area contributed by atoms with Gasteiger partial charge in [-0.2, -0.15) is 4.31 Å². The third-order valence-corrected chi connectivity index (χ3v) is 4.91. The van der Waals surface area contributed by atoms with Crippen LogP contribution in [0.1, 0.15) is 12.8 Å². The standard InChI is InChI=1S/C12H17FN2O3S/c1-15(8-10-4-3-7-18-9-10)19(16,17)12-11(13)5-2-6-14-12/h2,5-6,10H,3-4,7-9H2,1H3. The maximum atomic E-state index is 13.5.